The lowest BCUT2D eigenvalue weighted by atomic mass is 10.1. The molecule has 0 aromatic carbocycles. The average Bonchev–Trinajstić information content (AvgIpc) is 2.77. The summed E-state index contributed by atoms with van der Waals surface area (Å²) >= 11 is 0. The van der Waals surface area contributed by atoms with Crippen LogP contribution in [0.2, 0.25) is 0 Å². The summed E-state index contributed by atoms with van der Waals surface area (Å²) in [6.45, 7) is 4.93. The van der Waals surface area contributed by atoms with Crippen molar-refractivity contribution in [2.24, 2.45) is 0 Å². The molecule has 2 unspecified atom stereocenters. The Hall–Kier alpha value is -1.31. The van der Waals surface area contributed by atoms with Crippen LogP contribution in [0.1, 0.15) is 25.5 Å². The zero-order valence-electron chi connectivity index (χ0n) is 10.2. The average molecular weight is 233 g/mol. The standard InChI is InChI=1S/C13H19N3O/c1-11-5-7-15-9-12(4-6-14)16(11)10-13-3-2-8-17-13/h2-3,8,11-12,15H,4-5,7,9-10H2,1H3. The molecule has 0 radical (unpaired) electrons. The molecule has 2 heterocycles. The van der Waals surface area contributed by atoms with Gasteiger partial charge in [0.1, 0.15) is 5.76 Å². The summed E-state index contributed by atoms with van der Waals surface area (Å²) in [6, 6.07) is 6.95. The number of nitrogens with zero attached hydrogens (tertiary/aromatic N) is 2. The molecule has 2 atom stereocenters. The fraction of sp³-hybridized carbons (Fsp3) is 0.615. The molecule has 0 amide bonds. The van der Waals surface area contributed by atoms with E-state index < -0.39 is 0 Å². The molecule has 1 aliphatic heterocycles. The van der Waals surface area contributed by atoms with Gasteiger partial charge in [-0.2, -0.15) is 5.26 Å². The molecule has 0 aliphatic carbocycles. The van der Waals surface area contributed by atoms with Gasteiger partial charge in [-0.1, -0.05) is 0 Å². The molecule has 0 spiro atoms. The van der Waals surface area contributed by atoms with E-state index in [-0.39, 0.29) is 6.04 Å². The van der Waals surface area contributed by atoms with Gasteiger partial charge in [0.25, 0.3) is 0 Å². The fourth-order valence-electron chi connectivity index (χ4n) is 2.38. The minimum atomic E-state index is 0.280. The Morgan fingerprint density at radius 1 is 1.65 bits per heavy atom. The highest BCUT2D eigenvalue weighted by Gasteiger charge is 2.26. The molecule has 1 saturated heterocycles. The summed E-state index contributed by atoms with van der Waals surface area (Å²) in [5.74, 6) is 0.974. The van der Waals surface area contributed by atoms with E-state index >= 15 is 0 Å². The van der Waals surface area contributed by atoms with E-state index in [1.807, 2.05) is 12.1 Å². The van der Waals surface area contributed by atoms with Crippen LogP contribution in [0.5, 0.6) is 0 Å². The van der Waals surface area contributed by atoms with Crippen molar-refractivity contribution < 1.29 is 4.42 Å². The topological polar surface area (TPSA) is 52.2 Å². The van der Waals surface area contributed by atoms with Crippen LogP contribution in [-0.4, -0.2) is 30.1 Å². The van der Waals surface area contributed by atoms with E-state index in [4.69, 9.17) is 9.68 Å². The van der Waals surface area contributed by atoms with Gasteiger partial charge < -0.3 is 9.73 Å². The third-order valence-electron chi connectivity index (χ3n) is 3.40. The Morgan fingerprint density at radius 3 is 3.24 bits per heavy atom. The lowest BCUT2D eigenvalue weighted by molar-refractivity contribution is 0.134. The van der Waals surface area contributed by atoms with Crippen LogP contribution in [0.15, 0.2) is 22.8 Å². The van der Waals surface area contributed by atoms with E-state index in [1.165, 1.54) is 0 Å². The summed E-state index contributed by atoms with van der Waals surface area (Å²) in [5, 5.41) is 12.3. The highest BCUT2D eigenvalue weighted by molar-refractivity contribution is 5.00. The molecule has 1 N–H and O–H groups in total. The van der Waals surface area contributed by atoms with Crippen molar-refractivity contribution in [1.29, 1.82) is 5.26 Å². The first-order valence-electron chi connectivity index (χ1n) is 6.17. The Morgan fingerprint density at radius 2 is 2.53 bits per heavy atom. The van der Waals surface area contributed by atoms with Gasteiger partial charge in [-0.15, -0.1) is 0 Å². The molecular formula is C13H19N3O. The molecule has 4 heteroatoms. The van der Waals surface area contributed by atoms with Crippen molar-refractivity contribution in [3.8, 4) is 6.07 Å². The Balaban J connectivity index is 2.09. The van der Waals surface area contributed by atoms with Crippen molar-refractivity contribution in [2.75, 3.05) is 13.1 Å². The second-order valence-electron chi connectivity index (χ2n) is 4.61. The minimum Gasteiger partial charge on any atom is -0.468 e. The SMILES string of the molecule is CC1CCNCC(CC#N)N1Cc1ccco1. The van der Waals surface area contributed by atoms with Crippen molar-refractivity contribution >= 4 is 0 Å². The van der Waals surface area contributed by atoms with Crippen molar-refractivity contribution in [1.82, 2.24) is 10.2 Å². The molecule has 1 aromatic heterocycles. The lowest BCUT2D eigenvalue weighted by Gasteiger charge is -2.32. The van der Waals surface area contributed by atoms with Gasteiger partial charge in [0.15, 0.2) is 0 Å². The highest BCUT2D eigenvalue weighted by Crippen LogP contribution is 2.18. The lowest BCUT2D eigenvalue weighted by Crippen LogP contribution is -2.42. The summed E-state index contributed by atoms with van der Waals surface area (Å²) in [6.07, 6.45) is 3.38. The zero-order valence-corrected chi connectivity index (χ0v) is 10.2. The van der Waals surface area contributed by atoms with Crippen molar-refractivity contribution in [2.45, 2.75) is 38.4 Å². The third-order valence-corrected chi connectivity index (χ3v) is 3.40. The van der Waals surface area contributed by atoms with Crippen LogP contribution >= 0.6 is 0 Å². The van der Waals surface area contributed by atoms with E-state index in [2.05, 4.69) is 23.2 Å². The molecule has 17 heavy (non-hydrogen) atoms. The van der Waals surface area contributed by atoms with Crippen LogP contribution < -0.4 is 5.32 Å². The maximum atomic E-state index is 8.91. The van der Waals surface area contributed by atoms with Gasteiger partial charge in [-0.3, -0.25) is 4.90 Å². The number of nitriles is 1. The minimum absolute atomic E-state index is 0.280. The van der Waals surface area contributed by atoms with Crippen LogP contribution in [0, 0.1) is 11.3 Å². The molecule has 1 aliphatic rings. The number of furan rings is 1. The first-order chi connectivity index (χ1) is 8.31. The number of hydrogen-bond donors (Lipinski definition) is 1. The maximum Gasteiger partial charge on any atom is 0.117 e. The van der Waals surface area contributed by atoms with E-state index in [9.17, 15) is 0 Å². The van der Waals surface area contributed by atoms with Gasteiger partial charge >= 0.3 is 0 Å². The molecule has 0 bridgehead atoms. The molecular weight excluding hydrogens is 214 g/mol. The maximum absolute atomic E-state index is 8.91. The van der Waals surface area contributed by atoms with Crippen LogP contribution in [0.25, 0.3) is 0 Å². The second kappa shape index (κ2) is 5.85. The molecule has 92 valence electrons. The number of hydrogen-bond acceptors (Lipinski definition) is 4. The van der Waals surface area contributed by atoms with Gasteiger partial charge in [-0.05, 0) is 32.0 Å². The van der Waals surface area contributed by atoms with Gasteiger partial charge in [0.2, 0.25) is 0 Å². The van der Waals surface area contributed by atoms with Crippen LogP contribution in [0.3, 0.4) is 0 Å². The zero-order chi connectivity index (χ0) is 12.1. The first-order valence-corrected chi connectivity index (χ1v) is 6.17. The summed E-state index contributed by atoms with van der Waals surface area (Å²) < 4.78 is 5.41. The van der Waals surface area contributed by atoms with E-state index in [0.717, 1.165) is 31.8 Å². The highest BCUT2D eigenvalue weighted by atomic mass is 16.3. The van der Waals surface area contributed by atoms with Crippen LogP contribution in [0.4, 0.5) is 0 Å². The second-order valence-corrected chi connectivity index (χ2v) is 4.61. The molecule has 1 fully saturated rings. The fourth-order valence-corrected chi connectivity index (χ4v) is 2.38. The van der Waals surface area contributed by atoms with Gasteiger partial charge in [0, 0.05) is 18.6 Å². The van der Waals surface area contributed by atoms with Gasteiger partial charge in [-0.25, -0.2) is 0 Å². The van der Waals surface area contributed by atoms with E-state index in [0.29, 0.717) is 12.5 Å². The summed E-state index contributed by atoms with van der Waals surface area (Å²) in [4.78, 5) is 2.38. The van der Waals surface area contributed by atoms with E-state index in [1.54, 1.807) is 6.26 Å². The van der Waals surface area contributed by atoms with Crippen molar-refractivity contribution in [3.63, 3.8) is 0 Å². The Labute approximate surface area is 102 Å². The summed E-state index contributed by atoms with van der Waals surface area (Å²) in [7, 11) is 0. The largest absolute Gasteiger partial charge is 0.468 e. The van der Waals surface area contributed by atoms with Crippen LogP contribution in [-0.2, 0) is 6.54 Å². The molecule has 2 rings (SSSR count). The van der Waals surface area contributed by atoms with Gasteiger partial charge in [0.05, 0.1) is 25.3 Å². The predicted molar refractivity (Wildman–Crippen MR) is 65.2 cm³/mol. The molecule has 1 aromatic rings. The third kappa shape index (κ3) is 3.09. The Kier molecular flexibility index (Phi) is 4.18. The first kappa shape index (κ1) is 12.2. The van der Waals surface area contributed by atoms with Crippen molar-refractivity contribution in [3.05, 3.63) is 24.2 Å². The molecule has 0 saturated carbocycles. The summed E-state index contributed by atoms with van der Waals surface area (Å²) in [5.41, 5.74) is 0. The Bertz CT molecular complexity index is 369. The predicted octanol–water partition coefficient (Wildman–Crippen LogP) is 1.75. The number of rotatable bonds is 3. The number of nitrogens with one attached hydrogen (secondary N) is 1. The quantitative estimate of drug-likeness (QED) is 0.864. The monoisotopic (exact) mass is 233 g/mol. The molecule has 4 nitrogen and oxygen atoms in total. The smallest absolute Gasteiger partial charge is 0.117 e. The normalized spacial score (nSPS) is 26.4.